The molecule has 0 spiro atoms. The van der Waals surface area contributed by atoms with Crippen LogP contribution >= 0.6 is 24.0 Å². The Morgan fingerprint density at radius 1 is 1.03 bits per heavy atom. The van der Waals surface area contributed by atoms with Gasteiger partial charge in [-0.15, -0.1) is 24.0 Å². The first-order valence-electron chi connectivity index (χ1n) is 10.8. The van der Waals surface area contributed by atoms with Gasteiger partial charge in [-0.1, -0.05) is 12.1 Å². The van der Waals surface area contributed by atoms with E-state index in [0.717, 1.165) is 36.8 Å². The van der Waals surface area contributed by atoms with Gasteiger partial charge in [-0.25, -0.2) is 0 Å². The molecule has 1 unspecified atom stereocenters. The number of rotatable bonds is 9. The van der Waals surface area contributed by atoms with Crippen LogP contribution in [0.4, 0.5) is 5.69 Å². The van der Waals surface area contributed by atoms with Gasteiger partial charge in [0.1, 0.15) is 5.75 Å². The normalized spacial score (nSPS) is 14.9. The van der Waals surface area contributed by atoms with Crippen molar-refractivity contribution in [1.82, 2.24) is 10.2 Å². The fourth-order valence-electron chi connectivity index (χ4n) is 3.87. The second-order valence-corrected chi connectivity index (χ2v) is 7.41. The number of hydrogen-bond acceptors (Lipinski definition) is 5. The summed E-state index contributed by atoms with van der Waals surface area (Å²) in [5.41, 5.74) is 2.16. The van der Waals surface area contributed by atoms with E-state index in [1.54, 1.807) is 21.3 Å². The molecule has 0 aromatic heterocycles. The maximum atomic E-state index is 5.60. The summed E-state index contributed by atoms with van der Waals surface area (Å²) in [5, 5.41) is 6.85. The molecule has 0 saturated carbocycles. The van der Waals surface area contributed by atoms with Gasteiger partial charge in [-0.05, 0) is 62.7 Å². The molecule has 1 fully saturated rings. The second kappa shape index (κ2) is 13.4. The minimum absolute atomic E-state index is 0. The first-order chi connectivity index (χ1) is 15.2. The monoisotopic (exact) mass is 554 g/mol. The zero-order valence-corrected chi connectivity index (χ0v) is 21.7. The van der Waals surface area contributed by atoms with E-state index in [9.17, 15) is 0 Å². The number of guanidine groups is 1. The van der Waals surface area contributed by atoms with Crippen LogP contribution < -0.4 is 24.8 Å². The lowest BCUT2D eigenvalue weighted by molar-refractivity contribution is 0.245. The Kier molecular flexibility index (Phi) is 10.9. The van der Waals surface area contributed by atoms with Crippen LogP contribution in [0, 0.1) is 0 Å². The maximum absolute atomic E-state index is 5.60. The summed E-state index contributed by atoms with van der Waals surface area (Å²) < 4.78 is 16.4. The SMILES string of the molecule is CCOc1ccc(NC(=NC)NCC(c2ccc(OC)cc2)N2CCCC2)cc1OC.I. The van der Waals surface area contributed by atoms with E-state index in [1.165, 1.54) is 18.4 Å². The molecule has 2 aromatic carbocycles. The smallest absolute Gasteiger partial charge is 0.195 e. The topological polar surface area (TPSA) is 67.3 Å². The van der Waals surface area contributed by atoms with Gasteiger partial charge in [0.05, 0.1) is 26.9 Å². The van der Waals surface area contributed by atoms with Gasteiger partial charge in [0.2, 0.25) is 0 Å². The molecular formula is C24H35IN4O3. The first-order valence-corrected chi connectivity index (χ1v) is 10.8. The van der Waals surface area contributed by atoms with Crippen molar-refractivity contribution in [3.8, 4) is 17.2 Å². The molecule has 0 bridgehead atoms. The van der Waals surface area contributed by atoms with Crippen LogP contribution in [0.3, 0.4) is 0 Å². The molecule has 1 heterocycles. The molecule has 7 nitrogen and oxygen atoms in total. The Bertz CT molecular complexity index is 855. The zero-order valence-electron chi connectivity index (χ0n) is 19.4. The van der Waals surface area contributed by atoms with E-state index in [2.05, 4.69) is 32.7 Å². The Balaban J connectivity index is 0.00000363. The van der Waals surface area contributed by atoms with Crippen molar-refractivity contribution in [1.29, 1.82) is 0 Å². The first kappa shape index (κ1) is 26.1. The summed E-state index contributed by atoms with van der Waals surface area (Å²) in [5.74, 6) is 3.00. The van der Waals surface area contributed by atoms with Crippen molar-refractivity contribution in [3.63, 3.8) is 0 Å². The Hall–Kier alpha value is -2.20. The number of anilines is 1. The number of likely N-dealkylation sites (tertiary alicyclic amines) is 1. The molecule has 1 atom stereocenters. The van der Waals surface area contributed by atoms with E-state index in [-0.39, 0.29) is 30.0 Å². The number of methoxy groups -OCH3 is 2. The van der Waals surface area contributed by atoms with Gasteiger partial charge in [0.15, 0.2) is 17.5 Å². The van der Waals surface area contributed by atoms with Gasteiger partial charge in [-0.3, -0.25) is 9.89 Å². The number of aliphatic imine (C=N–C) groups is 1. The molecular weight excluding hydrogens is 519 g/mol. The van der Waals surface area contributed by atoms with Crippen LogP contribution in [0.5, 0.6) is 17.2 Å². The highest BCUT2D eigenvalue weighted by Gasteiger charge is 2.23. The average Bonchev–Trinajstić information content (AvgIpc) is 3.34. The van der Waals surface area contributed by atoms with Crippen LogP contribution in [0.2, 0.25) is 0 Å². The molecule has 8 heteroatoms. The van der Waals surface area contributed by atoms with Crippen molar-refractivity contribution in [3.05, 3.63) is 48.0 Å². The maximum Gasteiger partial charge on any atom is 0.195 e. The zero-order chi connectivity index (χ0) is 22.1. The third-order valence-corrected chi connectivity index (χ3v) is 5.49. The van der Waals surface area contributed by atoms with E-state index in [0.29, 0.717) is 18.3 Å². The van der Waals surface area contributed by atoms with Gasteiger partial charge < -0.3 is 24.8 Å². The molecule has 1 saturated heterocycles. The Labute approximate surface area is 208 Å². The number of nitrogens with zero attached hydrogens (tertiary/aromatic N) is 2. The van der Waals surface area contributed by atoms with Crippen molar-refractivity contribution in [2.24, 2.45) is 4.99 Å². The lowest BCUT2D eigenvalue weighted by Gasteiger charge is -2.29. The third-order valence-electron chi connectivity index (χ3n) is 5.49. The molecule has 0 aliphatic carbocycles. The summed E-state index contributed by atoms with van der Waals surface area (Å²) in [7, 11) is 5.11. The Morgan fingerprint density at radius 2 is 1.75 bits per heavy atom. The van der Waals surface area contributed by atoms with Crippen molar-refractivity contribution >= 4 is 35.6 Å². The van der Waals surface area contributed by atoms with Crippen LogP contribution in [-0.2, 0) is 0 Å². The number of ether oxygens (including phenoxy) is 3. The van der Waals surface area contributed by atoms with Gasteiger partial charge in [0, 0.05) is 25.3 Å². The van der Waals surface area contributed by atoms with Gasteiger partial charge in [0.25, 0.3) is 0 Å². The molecule has 0 amide bonds. The predicted molar refractivity (Wildman–Crippen MR) is 141 cm³/mol. The van der Waals surface area contributed by atoms with Crippen molar-refractivity contribution in [2.45, 2.75) is 25.8 Å². The highest BCUT2D eigenvalue weighted by molar-refractivity contribution is 14.0. The largest absolute Gasteiger partial charge is 0.497 e. The molecule has 1 aliphatic rings. The Morgan fingerprint density at radius 3 is 2.34 bits per heavy atom. The quantitative estimate of drug-likeness (QED) is 0.270. The summed E-state index contributed by atoms with van der Waals surface area (Å²) in [6.07, 6.45) is 2.48. The van der Waals surface area contributed by atoms with Gasteiger partial charge >= 0.3 is 0 Å². The number of hydrogen-bond donors (Lipinski definition) is 2. The molecule has 2 N–H and O–H groups in total. The lowest BCUT2D eigenvalue weighted by atomic mass is 10.1. The van der Waals surface area contributed by atoms with E-state index in [4.69, 9.17) is 14.2 Å². The summed E-state index contributed by atoms with van der Waals surface area (Å²) in [6.45, 7) is 5.52. The van der Waals surface area contributed by atoms with E-state index < -0.39 is 0 Å². The van der Waals surface area contributed by atoms with E-state index in [1.807, 2.05) is 37.3 Å². The average molecular weight is 554 g/mol. The number of benzene rings is 2. The lowest BCUT2D eigenvalue weighted by Crippen LogP contribution is -2.39. The van der Waals surface area contributed by atoms with Gasteiger partial charge in [-0.2, -0.15) is 0 Å². The predicted octanol–water partition coefficient (Wildman–Crippen LogP) is 4.54. The molecule has 32 heavy (non-hydrogen) atoms. The highest BCUT2D eigenvalue weighted by atomic mass is 127. The van der Waals surface area contributed by atoms with Crippen LogP contribution in [0.25, 0.3) is 0 Å². The second-order valence-electron chi connectivity index (χ2n) is 7.41. The van der Waals surface area contributed by atoms with Crippen LogP contribution in [0.1, 0.15) is 31.4 Å². The molecule has 1 aliphatic heterocycles. The number of halogens is 1. The minimum Gasteiger partial charge on any atom is -0.497 e. The fourth-order valence-corrected chi connectivity index (χ4v) is 3.87. The highest BCUT2D eigenvalue weighted by Crippen LogP contribution is 2.30. The fraction of sp³-hybridized carbons (Fsp3) is 0.458. The van der Waals surface area contributed by atoms with Crippen LogP contribution in [-0.4, -0.2) is 58.4 Å². The number of nitrogens with one attached hydrogen (secondary N) is 2. The molecule has 0 radical (unpaired) electrons. The third kappa shape index (κ3) is 6.90. The molecule has 2 aromatic rings. The van der Waals surface area contributed by atoms with Crippen molar-refractivity contribution in [2.75, 3.05) is 52.8 Å². The molecule has 176 valence electrons. The summed E-state index contributed by atoms with van der Waals surface area (Å²) in [6, 6.07) is 14.4. The van der Waals surface area contributed by atoms with E-state index >= 15 is 0 Å². The summed E-state index contributed by atoms with van der Waals surface area (Å²) >= 11 is 0. The van der Waals surface area contributed by atoms with Crippen molar-refractivity contribution < 1.29 is 14.2 Å². The van der Waals surface area contributed by atoms with Crippen LogP contribution in [0.15, 0.2) is 47.5 Å². The minimum atomic E-state index is 0. The molecule has 3 rings (SSSR count). The standard InChI is InChI=1S/C24H34N4O3.HI/c1-5-31-22-13-10-19(16-23(22)30-4)27-24(25-2)26-17-21(28-14-6-7-15-28)18-8-11-20(29-3)12-9-18;/h8-13,16,21H,5-7,14-15,17H2,1-4H3,(H2,25,26,27);1H. The summed E-state index contributed by atoms with van der Waals surface area (Å²) in [4.78, 5) is 6.93.